The Kier molecular flexibility index (Phi) is 4.42. The molecule has 21 heavy (non-hydrogen) atoms. The van der Waals surface area contributed by atoms with E-state index in [0.717, 1.165) is 0 Å². The molecule has 2 N–H and O–H groups in total. The van der Waals surface area contributed by atoms with E-state index in [-0.39, 0.29) is 31.4 Å². The molecule has 0 saturated carbocycles. The molecular formula is C14H17FN2O4. The van der Waals surface area contributed by atoms with Gasteiger partial charge in [0.25, 0.3) is 11.8 Å². The van der Waals surface area contributed by atoms with E-state index in [4.69, 9.17) is 15.2 Å². The lowest BCUT2D eigenvalue weighted by Crippen LogP contribution is -2.58. The van der Waals surface area contributed by atoms with Gasteiger partial charge in [0.15, 0.2) is 12.2 Å². The van der Waals surface area contributed by atoms with Gasteiger partial charge in [0.05, 0.1) is 13.2 Å². The van der Waals surface area contributed by atoms with Crippen molar-refractivity contribution in [2.45, 2.75) is 12.5 Å². The largest absolute Gasteiger partial charge is 0.484 e. The van der Waals surface area contributed by atoms with Crippen molar-refractivity contribution in [1.82, 2.24) is 4.90 Å². The lowest BCUT2D eigenvalue weighted by atomic mass is 10.0. The maximum Gasteiger partial charge on any atom is 0.260 e. The molecule has 2 rings (SSSR count). The Hall–Kier alpha value is -2.15. The predicted molar refractivity (Wildman–Crippen MR) is 72.0 cm³/mol. The number of carbonyl (C=O) groups is 2. The number of hydrogen-bond acceptors (Lipinski definition) is 4. The van der Waals surface area contributed by atoms with Gasteiger partial charge in [-0.1, -0.05) is 6.07 Å². The Morgan fingerprint density at radius 1 is 1.52 bits per heavy atom. The summed E-state index contributed by atoms with van der Waals surface area (Å²) in [6, 6.07) is 5.53. The molecular weight excluding hydrogens is 279 g/mol. The van der Waals surface area contributed by atoms with Crippen LogP contribution in [0.5, 0.6) is 5.75 Å². The van der Waals surface area contributed by atoms with Gasteiger partial charge in [-0.15, -0.1) is 0 Å². The number of ether oxygens (including phenoxy) is 2. The van der Waals surface area contributed by atoms with Crippen LogP contribution in [0.4, 0.5) is 4.39 Å². The number of nitrogens with two attached hydrogens (primary N) is 1. The van der Waals surface area contributed by atoms with Crippen molar-refractivity contribution in [3.8, 4) is 5.75 Å². The van der Waals surface area contributed by atoms with Gasteiger partial charge < -0.3 is 20.1 Å². The van der Waals surface area contributed by atoms with Crippen LogP contribution in [0, 0.1) is 5.82 Å². The average Bonchev–Trinajstić information content (AvgIpc) is 2.45. The van der Waals surface area contributed by atoms with E-state index in [0.29, 0.717) is 6.54 Å². The van der Waals surface area contributed by atoms with E-state index in [1.54, 1.807) is 13.0 Å². The van der Waals surface area contributed by atoms with Crippen molar-refractivity contribution in [3.05, 3.63) is 30.1 Å². The number of primary amides is 1. The van der Waals surface area contributed by atoms with Crippen LogP contribution in [-0.4, -0.2) is 48.6 Å². The molecule has 6 nitrogen and oxygen atoms in total. The minimum Gasteiger partial charge on any atom is -0.484 e. The summed E-state index contributed by atoms with van der Waals surface area (Å²) in [5, 5.41) is 0. The van der Waals surface area contributed by atoms with Gasteiger partial charge in [0, 0.05) is 12.6 Å². The number of amides is 2. The van der Waals surface area contributed by atoms with Gasteiger partial charge >= 0.3 is 0 Å². The fourth-order valence-corrected chi connectivity index (χ4v) is 2.03. The first-order chi connectivity index (χ1) is 9.90. The van der Waals surface area contributed by atoms with Crippen LogP contribution in [0.3, 0.4) is 0 Å². The summed E-state index contributed by atoms with van der Waals surface area (Å²) in [7, 11) is 0. The molecule has 0 spiro atoms. The van der Waals surface area contributed by atoms with E-state index in [1.165, 1.54) is 23.1 Å². The Morgan fingerprint density at radius 3 is 2.95 bits per heavy atom. The highest BCUT2D eigenvalue weighted by atomic mass is 19.1. The number of hydrogen-bond donors (Lipinski definition) is 1. The molecule has 0 radical (unpaired) electrons. The normalized spacial score (nSPS) is 21.9. The number of carbonyl (C=O) groups excluding carboxylic acids is 2. The minimum atomic E-state index is -1.19. The van der Waals surface area contributed by atoms with Crippen LogP contribution in [-0.2, 0) is 14.3 Å². The third-order valence-electron chi connectivity index (χ3n) is 3.31. The van der Waals surface area contributed by atoms with E-state index in [1.807, 2.05) is 0 Å². The van der Waals surface area contributed by atoms with Crippen LogP contribution >= 0.6 is 0 Å². The molecule has 0 aromatic heterocycles. The molecule has 7 heteroatoms. The standard InChI is InChI=1S/C14H17FN2O4/c1-14(13(16)19)9-17(5-6-21-14)12(18)8-20-11-4-2-3-10(15)7-11/h2-4,7H,5-6,8-9H2,1H3,(H2,16,19)/t14-/m1/s1. The molecule has 1 aliphatic rings. The zero-order valence-electron chi connectivity index (χ0n) is 11.7. The molecule has 1 saturated heterocycles. The fourth-order valence-electron chi connectivity index (χ4n) is 2.03. The average molecular weight is 296 g/mol. The van der Waals surface area contributed by atoms with Crippen molar-refractivity contribution in [3.63, 3.8) is 0 Å². The highest BCUT2D eigenvalue weighted by Crippen LogP contribution is 2.18. The maximum absolute atomic E-state index is 13.0. The first kappa shape index (κ1) is 15.2. The maximum atomic E-state index is 13.0. The van der Waals surface area contributed by atoms with Gasteiger partial charge in [-0.05, 0) is 19.1 Å². The van der Waals surface area contributed by atoms with Gasteiger partial charge in [-0.2, -0.15) is 0 Å². The molecule has 1 atom stereocenters. The summed E-state index contributed by atoms with van der Waals surface area (Å²) in [5.74, 6) is -1.09. The Labute approximate surface area is 121 Å². The van der Waals surface area contributed by atoms with Crippen LogP contribution in [0.25, 0.3) is 0 Å². The summed E-state index contributed by atoms with van der Waals surface area (Å²) >= 11 is 0. The highest BCUT2D eigenvalue weighted by molar-refractivity contribution is 5.85. The monoisotopic (exact) mass is 296 g/mol. The SMILES string of the molecule is C[C@]1(C(N)=O)CN(C(=O)COc2cccc(F)c2)CCO1. The fraction of sp³-hybridized carbons (Fsp3) is 0.429. The van der Waals surface area contributed by atoms with Crippen LogP contribution < -0.4 is 10.5 Å². The summed E-state index contributed by atoms with van der Waals surface area (Å²) in [6.45, 7) is 1.97. The van der Waals surface area contributed by atoms with Crippen molar-refractivity contribution in [2.24, 2.45) is 5.73 Å². The molecule has 1 fully saturated rings. The minimum absolute atomic E-state index is 0.0771. The summed E-state index contributed by atoms with van der Waals surface area (Å²) < 4.78 is 23.6. The Bertz CT molecular complexity index is 552. The second-order valence-corrected chi connectivity index (χ2v) is 5.00. The first-order valence-electron chi connectivity index (χ1n) is 6.51. The van der Waals surface area contributed by atoms with Gasteiger partial charge in [0.1, 0.15) is 11.6 Å². The quantitative estimate of drug-likeness (QED) is 0.867. The smallest absolute Gasteiger partial charge is 0.260 e. The molecule has 0 unspecified atom stereocenters. The number of morpholine rings is 1. The molecule has 1 heterocycles. The third kappa shape index (κ3) is 3.69. The van der Waals surface area contributed by atoms with E-state index in [2.05, 4.69) is 0 Å². The van der Waals surface area contributed by atoms with E-state index in [9.17, 15) is 14.0 Å². The summed E-state index contributed by atoms with van der Waals surface area (Å²) in [4.78, 5) is 24.9. The first-order valence-corrected chi connectivity index (χ1v) is 6.51. The molecule has 1 aliphatic heterocycles. The van der Waals surface area contributed by atoms with Crippen LogP contribution in [0.15, 0.2) is 24.3 Å². The zero-order valence-corrected chi connectivity index (χ0v) is 11.7. The van der Waals surface area contributed by atoms with Crippen LogP contribution in [0.2, 0.25) is 0 Å². The topological polar surface area (TPSA) is 81.9 Å². The van der Waals surface area contributed by atoms with Crippen molar-refractivity contribution in [1.29, 1.82) is 0 Å². The van der Waals surface area contributed by atoms with Crippen molar-refractivity contribution < 1.29 is 23.5 Å². The summed E-state index contributed by atoms with van der Waals surface area (Å²) in [6.07, 6.45) is 0. The molecule has 1 aromatic rings. The number of rotatable bonds is 4. The van der Waals surface area contributed by atoms with Crippen molar-refractivity contribution >= 4 is 11.8 Å². The Balaban J connectivity index is 1.93. The van der Waals surface area contributed by atoms with E-state index < -0.39 is 17.3 Å². The second kappa shape index (κ2) is 6.09. The molecule has 2 amide bonds. The number of halogens is 1. The van der Waals surface area contributed by atoms with Crippen molar-refractivity contribution in [2.75, 3.05) is 26.3 Å². The highest BCUT2D eigenvalue weighted by Gasteiger charge is 2.39. The molecule has 0 bridgehead atoms. The summed E-state index contributed by atoms with van der Waals surface area (Å²) in [5.41, 5.74) is 4.08. The van der Waals surface area contributed by atoms with E-state index >= 15 is 0 Å². The lowest BCUT2D eigenvalue weighted by molar-refractivity contribution is -0.161. The lowest BCUT2D eigenvalue weighted by Gasteiger charge is -2.38. The molecule has 0 aliphatic carbocycles. The Morgan fingerprint density at radius 2 is 2.29 bits per heavy atom. The predicted octanol–water partition coefficient (Wildman–Crippen LogP) is 0.307. The van der Waals surface area contributed by atoms with Gasteiger partial charge in [-0.3, -0.25) is 9.59 Å². The van der Waals surface area contributed by atoms with Gasteiger partial charge in [-0.25, -0.2) is 4.39 Å². The number of nitrogens with zero attached hydrogens (tertiary/aromatic N) is 1. The van der Waals surface area contributed by atoms with Crippen LogP contribution in [0.1, 0.15) is 6.92 Å². The third-order valence-corrected chi connectivity index (χ3v) is 3.31. The zero-order chi connectivity index (χ0) is 15.5. The number of benzene rings is 1. The molecule has 1 aromatic carbocycles. The van der Waals surface area contributed by atoms with Gasteiger partial charge in [0.2, 0.25) is 0 Å². The second-order valence-electron chi connectivity index (χ2n) is 5.00. The molecule has 114 valence electrons.